The van der Waals surface area contributed by atoms with Gasteiger partial charge in [-0.25, -0.2) is 0 Å². The number of piperidine rings is 1. The predicted molar refractivity (Wildman–Crippen MR) is 70.6 cm³/mol. The molecule has 0 aromatic carbocycles. The van der Waals surface area contributed by atoms with E-state index in [9.17, 15) is 9.59 Å². The van der Waals surface area contributed by atoms with Crippen molar-refractivity contribution < 1.29 is 9.59 Å². The van der Waals surface area contributed by atoms with E-state index in [1.54, 1.807) is 0 Å². The largest absolute Gasteiger partial charge is 0.317 e. The van der Waals surface area contributed by atoms with Gasteiger partial charge in [-0.05, 0) is 38.8 Å². The Labute approximate surface area is 116 Å². The van der Waals surface area contributed by atoms with Crippen molar-refractivity contribution in [1.29, 1.82) is 0 Å². The van der Waals surface area contributed by atoms with Crippen molar-refractivity contribution in [3.8, 4) is 0 Å². The first kappa shape index (κ1) is 13.2. The molecule has 7 nitrogen and oxygen atoms in total. The molecule has 1 unspecified atom stereocenters. The van der Waals surface area contributed by atoms with Crippen LogP contribution in [0.2, 0.25) is 0 Å². The van der Waals surface area contributed by atoms with Gasteiger partial charge in [0, 0.05) is 18.3 Å². The van der Waals surface area contributed by atoms with Gasteiger partial charge in [-0.1, -0.05) is 0 Å². The minimum absolute atomic E-state index is 0.0357. The molecule has 2 amide bonds. The van der Waals surface area contributed by atoms with E-state index in [0.29, 0.717) is 6.42 Å². The summed E-state index contributed by atoms with van der Waals surface area (Å²) in [6.45, 7) is 1.69. The summed E-state index contributed by atoms with van der Waals surface area (Å²) in [5.41, 5.74) is 1.80. The van der Waals surface area contributed by atoms with Crippen molar-refractivity contribution >= 4 is 11.8 Å². The normalized spacial score (nSPS) is 23.1. The fourth-order valence-corrected chi connectivity index (χ4v) is 2.92. The molecule has 3 rings (SSSR count). The SMILES string of the molecule is O=C(NC(=O)C1CCc2n[nH]nc2C1)C1CCNCC1. The van der Waals surface area contributed by atoms with Crippen LogP contribution in [-0.2, 0) is 22.4 Å². The van der Waals surface area contributed by atoms with Gasteiger partial charge in [0.1, 0.15) is 0 Å². The summed E-state index contributed by atoms with van der Waals surface area (Å²) < 4.78 is 0. The lowest BCUT2D eigenvalue weighted by Gasteiger charge is -2.23. The van der Waals surface area contributed by atoms with Crippen LogP contribution >= 0.6 is 0 Å². The quantitative estimate of drug-likeness (QED) is 0.636. The second-order valence-corrected chi connectivity index (χ2v) is 5.53. The molecule has 2 heterocycles. The van der Waals surface area contributed by atoms with Crippen LogP contribution in [0.1, 0.15) is 30.7 Å². The molecule has 0 spiro atoms. The summed E-state index contributed by atoms with van der Waals surface area (Å²) in [7, 11) is 0. The molecule has 0 radical (unpaired) electrons. The number of rotatable bonds is 2. The molecule has 2 aliphatic rings. The van der Waals surface area contributed by atoms with Gasteiger partial charge < -0.3 is 5.32 Å². The van der Waals surface area contributed by atoms with E-state index in [1.165, 1.54) is 0 Å². The number of nitrogens with zero attached hydrogens (tertiary/aromatic N) is 2. The van der Waals surface area contributed by atoms with E-state index in [2.05, 4.69) is 26.0 Å². The first-order valence-corrected chi connectivity index (χ1v) is 7.18. The van der Waals surface area contributed by atoms with Gasteiger partial charge in [-0.3, -0.25) is 14.9 Å². The zero-order valence-electron chi connectivity index (χ0n) is 11.3. The van der Waals surface area contributed by atoms with Crippen LogP contribution in [0, 0.1) is 11.8 Å². The van der Waals surface area contributed by atoms with Gasteiger partial charge in [0.15, 0.2) is 0 Å². The fourth-order valence-electron chi connectivity index (χ4n) is 2.92. The molecular formula is C13H19N5O2. The van der Waals surface area contributed by atoms with E-state index in [-0.39, 0.29) is 23.7 Å². The van der Waals surface area contributed by atoms with E-state index >= 15 is 0 Å². The third-order valence-corrected chi connectivity index (χ3v) is 4.20. The Hall–Kier alpha value is -1.76. The van der Waals surface area contributed by atoms with E-state index in [4.69, 9.17) is 0 Å². The Balaban J connectivity index is 1.55. The number of aryl methyl sites for hydroxylation is 1. The van der Waals surface area contributed by atoms with Gasteiger partial charge in [-0.2, -0.15) is 15.4 Å². The first-order chi connectivity index (χ1) is 9.74. The summed E-state index contributed by atoms with van der Waals surface area (Å²) in [6, 6.07) is 0. The monoisotopic (exact) mass is 277 g/mol. The number of carbonyl (C=O) groups is 2. The lowest BCUT2D eigenvalue weighted by Crippen LogP contribution is -2.43. The van der Waals surface area contributed by atoms with Gasteiger partial charge in [0.05, 0.1) is 11.4 Å². The molecule has 1 fully saturated rings. The van der Waals surface area contributed by atoms with Crippen molar-refractivity contribution in [1.82, 2.24) is 26.0 Å². The molecule has 1 atom stereocenters. The van der Waals surface area contributed by atoms with Gasteiger partial charge in [0.2, 0.25) is 11.8 Å². The average molecular weight is 277 g/mol. The van der Waals surface area contributed by atoms with Gasteiger partial charge >= 0.3 is 0 Å². The number of imide groups is 1. The number of carbonyl (C=O) groups excluding carboxylic acids is 2. The van der Waals surface area contributed by atoms with Crippen molar-refractivity contribution in [3.05, 3.63) is 11.4 Å². The molecule has 20 heavy (non-hydrogen) atoms. The summed E-state index contributed by atoms with van der Waals surface area (Å²) in [5, 5.41) is 16.5. The summed E-state index contributed by atoms with van der Waals surface area (Å²) in [6.07, 6.45) is 3.64. The summed E-state index contributed by atoms with van der Waals surface area (Å²) in [5.74, 6) is -0.491. The molecule has 3 N–H and O–H groups in total. The van der Waals surface area contributed by atoms with Crippen LogP contribution in [0.15, 0.2) is 0 Å². The maximum absolute atomic E-state index is 12.2. The Morgan fingerprint density at radius 2 is 1.70 bits per heavy atom. The zero-order valence-corrected chi connectivity index (χ0v) is 11.3. The van der Waals surface area contributed by atoms with Crippen LogP contribution in [0.5, 0.6) is 0 Å². The standard InChI is InChI=1S/C13H19N5O2/c19-12(8-3-5-14-6-4-8)15-13(20)9-1-2-10-11(7-9)17-18-16-10/h8-9,14H,1-7H2,(H,15,19,20)(H,16,17,18). The second-order valence-electron chi connectivity index (χ2n) is 5.53. The Morgan fingerprint density at radius 1 is 1.00 bits per heavy atom. The number of hydrogen-bond donors (Lipinski definition) is 3. The molecule has 1 aliphatic heterocycles. The molecule has 1 aliphatic carbocycles. The maximum Gasteiger partial charge on any atom is 0.230 e. The minimum Gasteiger partial charge on any atom is -0.317 e. The molecule has 1 aromatic rings. The maximum atomic E-state index is 12.2. The van der Waals surface area contributed by atoms with Crippen LogP contribution in [0.4, 0.5) is 0 Å². The van der Waals surface area contributed by atoms with Crippen molar-refractivity contribution in [2.45, 2.75) is 32.1 Å². The average Bonchev–Trinajstić information content (AvgIpc) is 2.95. The fraction of sp³-hybridized carbons (Fsp3) is 0.692. The summed E-state index contributed by atoms with van der Waals surface area (Å²) >= 11 is 0. The van der Waals surface area contributed by atoms with E-state index in [0.717, 1.165) is 50.2 Å². The third kappa shape index (κ3) is 2.72. The third-order valence-electron chi connectivity index (χ3n) is 4.20. The van der Waals surface area contributed by atoms with Crippen LogP contribution < -0.4 is 10.6 Å². The van der Waals surface area contributed by atoms with Gasteiger partial charge in [0.25, 0.3) is 0 Å². The number of nitrogens with one attached hydrogen (secondary N) is 3. The summed E-state index contributed by atoms with van der Waals surface area (Å²) in [4.78, 5) is 24.2. The highest BCUT2D eigenvalue weighted by molar-refractivity contribution is 5.97. The zero-order chi connectivity index (χ0) is 13.9. The molecule has 108 valence electrons. The van der Waals surface area contributed by atoms with Crippen molar-refractivity contribution in [2.75, 3.05) is 13.1 Å². The second kappa shape index (κ2) is 5.70. The number of hydrogen-bond acceptors (Lipinski definition) is 5. The lowest BCUT2D eigenvalue weighted by atomic mass is 9.88. The van der Waals surface area contributed by atoms with Crippen molar-refractivity contribution in [2.24, 2.45) is 11.8 Å². The Morgan fingerprint density at radius 3 is 2.50 bits per heavy atom. The number of H-pyrrole nitrogens is 1. The smallest absolute Gasteiger partial charge is 0.230 e. The lowest BCUT2D eigenvalue weighted by molar-refractivity contribution is -0.135. The number of aromatic amines is 1. The molecule has 1 saturated heterocycles. The number of fused-ring (bicyclic) bond motifs is 1. The topological polar surface area (TPSA) is 99.8 Å². The Kier molecular flexibility index (Phi) is 3.77. The van der Waals surface area contributed by atoms with Crippen LogP contribution in [-0.4, -0.2) is 40.3 Å². The Bertz CT molecular complexity index is 507. The molecule has 1 aromatic heterocycles. The highest BCUT2D eigenvalue weighted by Gasteiger charge is 2.30. The van der Waals surface area contributed by atoms with Crippen LogP contribution in [0.3, 0.4) is 0 Å². The van der Waals surface area contributed by atoms with Crippen molar-refractivity contribution in [3.63, 3.8) is 0 Å². The predicted octanol–water partition coefficient (Wildman–Crippen LogP) is -0.448. The number of amides is 2. The van der Waals surface area contributed by atoms with E-state index in [1.807, 2.05) is 0 Å². The molecular weight excluding hydrogens is 258 g/mol. The van der Waals surface area contributed by atoms with Gasteiger partial charge in [-0.15, -0.1) is 0 Å². The highest BCUT2D eigenvalue weighted by atomic mass is 16.2. The molecule has 0 saturated carbocycles. The molecule has 0 bridgehead atoms. The number of aromatic nitrogens is 3. The van der Waals surface area contributed by atoms with E-state index < -0.39 is 0 Å². The first-order valence-electron chi connectivity index (χ1n) is 7.18. The highest BCUT2D eigenvalue weighted by Crippen LogP contribution is 2.22. The molecule has 7 heteroatoms. The van der Waals surface area contributed by atoms with Crippen LogP contribution in [0.25, 0.3) is 0 Å². The minimum atomic E-state index is -0.168.